The monoisotopic (exact) mass is 330 g/mol. The summed E-state index contributed by atoms with van der Waals surface area (Å²) in [6.45, 7) is 5.97. The fraction of sp³-hybridized carbons (Fsp3) is 0.850. The fourth-order valence-corrected chi connectivity index (χ4v) is 8.05. The molecule has 4 bridgehead atoms. The molecule has 8 atom stereocenters. The number of aliphatic hydroxyl groups is 1. The Morgan fingerprint density at radius 1 is 1.08 bits per heavy atom. The third-order valence-electron chi connectivity index (χ3n) is 9.46. The van der Waals surface area contributed by atoms with Gasteiger partial charge in [0.05, 0.1) is 17.4 Å². The van der Waals surface area contributed by atoms with Gasteiger partial charge in [-0.3, -0.25) is 14.4 Å². The zero-order valence-electron chi connectivity index (χ0n) is 14.7. The van der Waals surface area contributed by atoms with Crippen LogP contribution in [0, 0.1) is 45.3 Å². The molecular weight excluding hydrogens is 304 g/mol. The number of rotatable bonds is 1. The van der Waals surface area contributed by atoms with Gasteiger partial charge in [0.15, 0.2) is 11.6 Å². The minimum atomic E-state index is -0.768. The third-order valence-corrected chi connectivity index (χ3v) is 9.46. The van der Waals surface area contributed by atoms with E-state index in [0.717, 1.165) is 12.8 Å². The molecule has 6 saturated carbocycles. The maximum atomic E-state index is 13.3. The van der Waals surface area contributed by atoms with Crippen molar-refractivity contribution in [2.75, 3.05) is 6.61 Å². The van der Waals surface area contributed by atoms with Gasteiger partial charge < -0.3 is 5.11 Å². The topological polar surface area (TPSA) is 71.4 Å². The van der Waals surface area contributed by atoms with E-state index in [0.29, 0.717) is 19.3 Å². The van der Waals surface area contributed by atoms with E-state index in [1.165, 1.54) is 0 Å². The number of carbonyl (C=O) groups is 3. The zero-order valence-corrected chi connectivity index (χ0v) is 14.7. The van der Waals surface area contributed by atoms with E-state index < -0.39 is 10.8 Å². The van der Waals surface area contributed by atoms with Crippen molar-refractivity contribution in [2.24, 2.45) is 45.3 Å². The van der Waals surface area contributed by atoms with Crippen LogP contribution in [0.2, 0.25) is 0 Å². The normalized spacial score (nSPS) is 60.8. The number of aliphatic hydroxyl groups excluding tert-OH is 1. The van der Waals surface area contributed by atoms with Crippen LogP contribution in [-0.2, 0) is 14.4 Å². The van der Waals surface area contributed by atoms with Crippen LogP contribution in [0.5, 0.6) is 0 Å². The highest BCUT2D eigenvalue weighted by Crippen LogP contribution is 2.82. The first kappa shape index (κ1) is 15.2. The van der Waals surface area contributed by atoms with Crippen LogP contribution in [0.25, 0.3) is 0 Å². The van der Waals surface area contributed by atoms with Crippen molar-refractivity contribution < 1.29 is 19.5 Å². The highest BCUT2D eigenvalue weighted by Gasteiger charge is 2.87. The molecule has 1 spiro atoms. The van der Waals surface area contributed by atoms with Crippen LogP contribution in [0.3, 0.4) is 0 Å². The van der Waals surface area contributed by atoms with Gasteiger partial charge in [-0.15, -0.1) is 0 Å². The Bertz CT molecular complexity index is 712. The van der Waals surface area contributed by atoms with Gasteiger partial charge in [-0.05, 0) is 48.9 Å². The van der Waals surface area contributed by atoms with E-state index in [1.807, 2.05) is 13.8 Å². The van der Waals surface area contributed by atoms with Crippen molar-refractivity contribution in [1.29, 1.82) is 0 Å². The molecule has 1 N–H and O–H groups in total. The first-order valence-corrected chi connectivity index (χ1v) is 9.42. The summed E-state index contributed by atoms with van der Waals surface area (Å²) in [6.07, 6.45) is 3.48. The summed E-state index contributed by atoms with van der Waals surface area (Å²) in [7, 11) is 0. The van der Waals surface area contributed by atoms with E-state index in [9.17, 15) is 19.5 Å². The number of carbonyl (C=O) groups excluding carboxylic acids is 3. The summed E-state index contributed by atoms with van der Waals surface area (Å²) in [5.41, 5.74) is -2.05. The van der Waals surface area contributed by atoms with Gasteiger partial charge >= 0.3 is 0 Å². The molecule has 6 fully saturated rings. The Kier molecular flexibility index (Phi) is 2.46. The van der Waals surface area contributed by atoms with Crippen molar-refractivity contribution in [3.63, 3.8) is 0 Å². The molecule has 0 amide bonds. The average Bonchev–Trinajstić information content (AvgIpc) is 3.14. The van der Waals surface area contributed by atoms with Crippen LogP contribution in [0.1, 0.15) is 52.9 Å². The number of hydrogen-bond donors (Lipinski definition) is 1. The Balaban J connectivity index is 1.64. The Morgan fingerprint density at radius 3 is 2.38 bits per heavy atom. The largest absolute Gasteiger partial charge is 0.395 e. The minimum absolute atomic E-state index is 0.0177. The SMILES string of the molecule is C[C@]12CCC(=O)[C@@](C)(CO)[C@@H]1CC[C@]13C(=O)[C@@H]4[C@H](C[C@@H]12)[C@@]4(C)C3=O. The summed E-state index contributed by atoms with van der Waals surface area (Å²) in [5, 5.41) is 9.99. The number of ketones is 3. The lowest BCUT2D eigenvalue weighted by Gasteiger charge is -2.63. The number of hydrogen-bond acceptors (Lipinski definition) is 4. The lowest BCUT2D eigenvalue weighted by Crippen LogP contribution is -2.65. The van der Waals surface area contributed by atoms with Gasteiger partial charge in [0.2, 0.25) is 0 Å². The van der Waals surface area contributed by atoms with Crippen LogP contribution < -0.4 is 0 Å². The molecule has 24 heavy (non-hydrogen) atoms. The second-order valence-electron chi connectivity index (χ2n) is 9.92. The van der Waals surface area contributed by atoms with Crippen LogP contribution in [0.4, 0.5) is 0 Å². The highest BCUT2D eigenvalue weighted by molar-refractivity contribution is 6.22. The highest BCUT2D eigenvalue weighted by atomic mass is 16.3. The van der Waals surface area contributed by atoms with Crippen molar-refractivity contribution in [3.05, 3.63) is 0 Å². The molecular formula is C20H26O4. The summed E-state index contributed by atoms with van der Waals surface area (Å²) < 4.78 is 0. The smallest absolute Gasteiger partial charge is 0.153 e. The molecule has 0 aromatic carbocycles. The predicted octanol–water partition coefficient (Wildman–Crippen LogP) is 2.17. The second kappa shape index (κ2) is 3.87. The van der Waals surface area contributed by atoms with Crippen molar-refractivity contribution in [3.8, 4) is 0 Å². The molecule has 0 aromatic rings. The van der Waals surface area contributed by atoms with E-state index in [2.05, 4.69) is 6.92 Å². The minimum Gasteiger partial charge on any atom is -0.395 e. The lowest BCUT2D eigenvalue weighted by atomic mass is 9.39. The van der Waals surface area contributed by atoms with Crippen LogP contribution in [-0.4, -0.2) is 29.1 Å². The Hall–Kier alpha value is -1.03. The van der Waals surface area contributed by atoms with Gasteiger partial charge in [-0.2, -0.15) is 0 Å². The molecule has 0 saturated heterocycles. The Morgan fingerprint density at radius 2 is 1.79 bits per heavy atom. The zero-order chi connectivity index (χ0) is 17.3. The van der Waals surface area contributed by atoms with E-state index in [4.69, 9.17) is 0 Å². The maximum Gasteiger partial charge on any atom is 0.153 e. The molecule has 0 unspecified atom stereocenters. The third kappa shape index (κ3) is 1.19. The Labute approximate surface area is 142 Å². The second-order valence-corrected chi connectivity index (χ2v) is 9.92. The lowest BCUT2D eigenvalue weighted by molar-refractivity contribution is -0.186. The summed E-state index contributed by atoms with van der Waals surface area (Å²) >= 11 is 0. The average molecular weight is 330 g/mol. The van der Waals surface area contributed by atoms with Crippen molar-refractivity contribution in [1.82, 2.24) is 0 Å². The van der Waals surface area contributed by atoms with Crippen molar-refractivity contribution in [2.45, 2.75) is 52.9 Å². The standard InChI is InChI=1S/C20H26O4/c1-17-6-5-13(22)18(2,9-21)11(17)4-7-20-12(17)8-10-14(15(20)23)19(10,3)16(20)24/h10-12,14,21H,4-9H2,1-3H3/t10-,11+,12+,14-,17-,18-,19+,20+/m0/s1. The predicted molar refractivity (Wildman–Crippen MR) is 85.9 cm³/mol. The molecule has 6 aliphatic carbocycles. The van der Waals surface area contributed by atoms with Gasteiger partial charge in [0, 0.05) is 17.8 Å². The molecule has 0 aliphatic heterocycles. The molecule has 0 aromatic heterocycles. The van der Waals surface area contributed by atoms with E-state index in [1.54, 1.807) is 0 Å². The fourth-order valence-electron chi connectivity index (χ4n) is 8.05. The maximum absolute atomic E-state index is 13.3. The number of Topliss-reactive ketones (excluding diaryl/α,β-unsaturated/α-hetero) is 3. The molecule has 0 radical (unpaired) electrons. The molecule has 6 aliphatic rings. The first-order valence-electron chi connectivity index (χ1n) is 9.42. The van der Waals surface area contributed by atoms with Gasteiger partial charge in [-0.25, -0.2) is 0 Å². The van der Waals surface area contributed by atoms with E-state index in [-0.39, 0.29) is 58.5 Å². The molecule has 4 nitrogen and oxygen atoms in total. The first-order chi connectivity index (χ1) is 11.2. The summed E-state index contributed by atoms with van der Waals surface area (Å²) in [5.74, 6) is 0.953. The van der Waals surface area contributed by atoms with Gasteiger partial charge in [-0.1, -0.05) is 20.8 Å². The molecule has 6 rings (SSSR count). The summed E-state index contributed by atoms with van der Waals surface area (Å²) in [6, 6.07) is 0. The molecule has 4 heteroatoms. The molecule has 130 valence electrons. The van der Waals surface area contributed by atoms with E-state index >= 15 is 0 Å². The molecule has 0 heterocycles. The quantitative estimate of drug-likeness (QED) is 0.748. The van der Waals surface area contributed by atoms with Crippen LogP contribution in [0.15, 0.2) is 0 Å². The number of fused-ring (bicyclic) bond motifs is 1. The van der Waals surface area contributed by atoms with Gasteiger partial charge in [0.1, 0.15) is 5.78 Å². The van der Waals surface area contributed by atoms with Crippen molar-refractivity contribution >= 4 is 17.3 Å². The van der Waals surface area contributed by atoms with Gasteiger partial charge in [0.25, 0.3) is 0 Å². The van der Waals surface area contributed by atoms with Crippen LogP contribution >= 0.6 is 0 Å². The summed E-state index contributed by atoms with van der Waals surface area (Å²) in [4.78, 5) is 39.0.